The normalized spacial score (nSPS) is 27.0. The monoisotopic (exact) mass is 293 g/mol. The van der Waals surface area contributed by atoms with Crippen LogP contribution in [0, 0.1) is 45.3 Å². The van der Waals surface area contributed by atoms with Crippen LogP contribution in [0.15, 0.2) is 22.5 Å². The van der Waals surface area contributed by atoms with Crippen molar-refractivity contribution in [3.8, 4) is 18.2 Å². The SMILES string of the molecule is N#CC1=C(N)C2=C(N3CCCCC3)CCCC2C1(C#N)C#N. The molecule has 0 aromatic rings. The molecule has 3 aliphatic rings. The Morgan fingerprint density at radius 1 is 1.05 bits per heavy atom. The lowest BCUT2D eigenvalue weighted by molar-refractivity contribution is 0.254. The molecule has 1 heterocycles. The van der Waals surface area contributed by atoms with Crippen molar-refractivity contribution in [2.75, 3.05) is 13.1 Å². The number of likely N-dealkylation sites (tertiary alicyclic amines) is 1. The van der Waals surface area contributed by atoms with E-state index < -0.39 is 5.41 Å². The molecule has 5 heteroatoms. The Labute approximate surface area is 130 Å². The highest BCUT2D eigenvalue weighted by molar-refractivity contribution is 5.61. The van der Waals surface area contributed by atoms with Crippen molar-refractivity contribution in [3.63, 3.8) is 0 Å². The van der Waals surface area contributed by atoms with E-state index in [1.54, 1.807) is 0 Å². The summed E-state index contributed by atoms with van der Waals surface area (Å²) in [7, 11) is 0. The van der Waals surface area contributed by atoms with E-state index >= 15 is 0 Å². The zero-order valence-corrected chi connectivity index (χ0v) is 12.6. The van der Waals surface area contributed by atoms with Crippen molar-refractivity contribution in [1.29, 1.82) is 15.8 Å². The fraction of sp³-hybridized carbons (Fsp3) is 0.588. The summed E-state index contributed by atoms with van der Waals surface area (Å²) < 4.78 is 0. The van der Waals surface area contributed by atoms with Gasteiger partial charge >= 0.3 is 0 Å². The first kappa shape index (κ1) is 14.5. The standard InChI is InChI=1S/C17H19N5/c18-9-13-16(21)15-12(17(13,10-19)11-20)5-4-6-14(15)22-7-2-1-3-8-22/h12H,1-8,21H2. The summed E-state index contributed by atoms with van der Waals surface area (Å²) in [6, 6.07) is 6.26. The van der Waals surface area contributed by atoms with Gasteiger partial charge < -0.3 is 10.6 Å². The molecule has 5 nitrogen and oxygen atoms in total. The zero-order valence-electron chi connectivity index (χ0n) is 12.6. The molecule has 0 amide bonds. The van der Waals surface area contributed by atoms with Gasteiger partial charge in [0.1, 0.15) is 0 Å². The molecule has 22 heavy (non-hydrogen) atoms. The Bertz CT molecular complexity index is 659. The highest BCUT2D eigenvalue weighted by Crippen LogP contribution is 2.54. The van der Waals surface area contributed by atoms with E-state index in [-0.39, 0.29) is 11.5 Å². The number of nitrogens with two attached hydrogens (primary N) is 1. The van der Waals surface area contributed by atoms with E-state index in [0.717, 1.165) is 50.8 Å². The molecule has 0 saturated carbocycles. The van der Waals surface area contributed by atoms with Crippen LogP contribution in [0.1, 0.15) is 38.5 Å². The minimum atomic E-state index is -1.39. The average molecular weight is 293 g/mol. The number of nitriles is 3. The third-order valence-electron chi connectivity index (χ3n) is 5.24. The van der Waals surface area contributed by atoms with Gasteiger partial charge in [-0.2, -0.15) is 15.8 Å². The maximum absolute atomic E-state index is 9.62. The molecule has 0 aromatic carbocycles. The molecular weight excluding hydrogens is 274 g/mol. The molecule has 1 atom stereocenters. The van der Waals surface area contributed by atoms with E-state index in [1.165, 1.54) is 12.1 Å². The van der Waals surface area contributed by atoms with Gasteiger partial charge in [-0.1, -0.05) is 0 Å². The van der Waals surface area contributed by atoms with Crippen molar-refractivity contribution in [1.82, 2.24) is 4.90 Å². The number of piperidine rings is 1. The Hall–Kier alpha value is -2.45. The smallest absolute Gasteiger partial charge is 0.187 e. The zero-order chi connectivity index (χ0) is 15.7. The number of hydrogen-bond acceptors (Lipinski definition) is 5. The van der Waals surface area contributed by atoms with Gasteiger partial charge in [0.25, 0.3) is 0 Å². The van der Waals surface area contributed by atoms with E-state index in [4.69, 9.17) is 5.73 Å². The van der Waals surface area contributed by atoms with Gasteiger partial charge in [0, 0.05) is 30.3 Å². The molecule has 0 radical (unpaired) electrons. The molecule has 1 saturated heterocycles. The molecule has 1 unspecified atom stereocenters. The van der Waals surface area contributed by atoms with E-state index in [0.29, 0.717) is 5.70 Å². The summed E-state index contributed by atoms with van der Waals surface area (Å²) in [5, 5.41) is 28.7. The predicted octanol–water partition coefficient (Wildman–Crippen LogP) is 2.31. The van der Waals surface area contributed by atoms with Crippen LogP contribution < -0.4 is 5.73 Å². The summed E-state index contributed by atoms with van der Waals surface area (Å²) in [6.07, 6.45) is 6.20. The third-order valence-corrected chi connectivity index (χ3v) is 5.24. The first-order valence-electron chi connectivity index (χ1n) is 7.90. The van der Waals surface area contributed by atoms with Crippen LogP contribution in [0.5, 0.6) is 0 Å². The maximum atomic E-state index is 9.62. The molecule has 0 spiro atoms. The van der Waals surface area contributed by atoms with Crippen LogP contribution in [0.3, 0.4) is 0 Å². The Morgan fingerprint density at radius 3 is 2.32 bits per heavy atom. The number of rotatable bonds is 1. The third kappa shape index (κ3) is 1.81. The van der Waals surface area contributed by atoms with Gasteiger partial charge in [-0.15, -0.1) is 0 Å². The van der Waals surface area contributed by atoms with Gasteiger partial charge in [0.05, 0.1) is 29.5 Å². The van der Waals surface area contributed by atoms with Gasteiger partial charge in [-0.05, 0) is 38.5 Å². The molecule has 3 rings (SSSR count). The summed E-state index contributed by atoms with van der Waals surface area (Å²) in [5.41, 5.74) is 7.48. The fourth-order valence-electron chi connectivity index (χ4n) is 4.18. The van der Waals surface area contributed by atoms with Crippen LogP contribution in [0.25, 0.3) is 0 Å². The lowest BCUT2D eigenvalue weighted by atomic mass is 9.70. The van der Waals surface area contributed by atoms with Crippen molar-refractivity contribution in [2.45, 2.75) is 38.5 Å². The minimum absolute atomic E-state index is 0.161. The Kier molecular flexibility index (Phi) is 3.55. The number of allylic oxidation sites excluding steroid dienone is 3. The first-order valence-corrected chi connectivity index (χ1v) is 7.90. The van der Waals surface area contributed by atoms with E-state index in [9.17, 15) is 15.8 Å². The minimum Gasteiger partial charge on any atom is -0.398 e. The number of hydrogen-bond donors (Lipinski definition) is 1. The fourth-order valence-corrected chi connectivity index (χ4v) is 4.18. The highest BCUT2D eigenvalue weighted by Gasteiger charge is 2.54. The molecule has 2 N–H and O–H groups in total. The van der Waals surface area contributed by atoms with E-state index in [2.05, 4.69) is 17.0 Å². The van der Waals surface area contributed by atoms with Crippen LogP contribution in [-0.4, -0.2) is 18.0 Å². The Balaban J connectivity index is 2.16. The van der Waals surface area contributed by atoms with Gasteiger partial charge in [0.15, 0.2) is 5.41 Å². The number of nitrogens with zero attached hydrogens (tertiary/aromatic N) is 4. The van der Waals surface area contributed by atoms with Gasteiger partial charge in [-0.25, -0.2) is 0 Å². The largest absolute Gasteiger partial charge is 0.398 e. The molecule has 0 bridgehead atoms. The van der Waals surface area contributed by atoms with Crippen LogP contribution in [-0.2, 0) is 0 Å². The van der Waals surface area contributed by atoms with Crippen molar-refractivity contribution >= 4 is 0 Å². The second kappa shape index (κ2) is 5.39. The summed E-state index contributed by atoms with van der Waals surface area (Å²) >= 11 is 0. The molecule has 2 aliphatic carbocycles. The van der Waals surface area contributed by atoms with Crippen molar-refractivity contribution in [2.24, 2.45) is 17.1 Å². The summed E-state index contributed by atoms with van der Waals surface area (Å²) in [6.45, 7) is 2.01. The predicted molar refractivity (Wildman–Crippen MR) is 80.3 cm³/mol. The second-order valence-corrected chi connectivity index (χ2v) is 6.28. The van der Waals surface area contributed by atoms with E-state index in [1.807, 2.05) is 6.07 Å². The lowest BCUT2D eigenvalue weighted by Gasteiger charge is -2.37. The number of fused-ring (bicyclic) bond motifs is 1. The highest BCUT2D eigenvalue weighted by atomic mass is 15.1. The average Bonchev–Trinajstić information content (AvgIpc) is 2.84. The topological polar surface area (TPSA) is 101 Å². The quantitative estimate of drug-likeness (QED) is 0.799. The molecule has 0 aromatic heterocycles. The van der Waals surface area contributed by atoms with Crippen LogP contribution in [0.4, 0.5) is 0 Å². The summed E-state index contributed by atoms with van der Waals surface area (Å²) in [4.78, 5) is 2.36. The van der Waals surface area contributed by atoms with Crippen molar-refractivity contribution < 1.29 is 0 Å². The van der Waals surface area contributed by atoms with Gasteiger partial charge in [-0.3, -0.25) is 0 Å². The Morgan fingerprint density at radius 2 is 1.73 bits per heavy atom. The molecular formula is C17H19N5. The van der Waals surface area contributed by atoms with Gasteiger partial charge in [0.2, 0.25) is 0 Å². The first-order chi connectivity index (χ1) is 10.7. The molecule has 1 aliphatic heterocycles. The molecule has 112 valence electrons. The second-order valence-electron chi connectivity index (χ2n) is 6.28. The summed E-state index contributed by atoms with van der Waals surface area (Å²) in [5.74, 6) is -0.247. The molecule has 1 fully saturated rings. The van der Waals surface area contributed by atoms with Crippen molar-refractivity contribution in [3.05, 3.63) is 22.5 Å². The van der Waals surface area contributed by atoms with Crippen LogP contribution in [0.2, 0.25) is 0 Å². The van der Waals surface area contributed by atoms with Crippen LogP contribution >= 0.6 is 0 Å². The maximum Gasteiger partial charge on any atom is 0.187 e. The lowest BCUT2D eigenvalue weighted by Crippen LogP contribution is -2.35.